The number of sulfone groups is 1. The lowest BCUT2D eigenvalue weighted by molar-refractivity contribution is -0.118. The normalized spacial score (nSPS) is 13.2. The Labute approximate surface area is 114 Å². The number of rotatable bonds is 6. The highest BCUT2D eigenvalue weighted by molar-refractivity contribution is 7.91. The van der Waals surface area contributed by atoms with Crippen LogP contribution < -0.4 is 11.1 Å². The second kappa shape index (κ2) is 6.73. The van der Waals surface area contributed by atoms with E-state index in [4.69, 9.17) is 5.73 Å². The summed E-state index contributed by atoms with van der Waals surface area (Å²) in [5.74, 6) is -4.31. The molecule has 112 valence electrons. The maximum Gasteiger partial charge on any atom is 0.341 e. The van der Waals surface area contributed by atoms with E-state index in [1.807, 2.05) is 0 Å². The number of halogens is 2. The van der Waals surface area contributed by atoms with Crippen molar-refractivity contribution >= 4 is 21.4 Å². The SMILES string of the molecule is COCC(N)C(=O)Nc1ccccc1S(=O)(=O)C(F)F. The number of para-hydroxylation sites is 1. The first kappa shape index (κ1) is 16.5. The lowest BCUT2D eigenvalue weighted by Crippen LogP contribution is -2.39. The zero-order chi connectivity index (χ0) is 15.3. The minimum atomic E-state index is -4.81. The van der Waals surface area contributed by atoms with E-state index in [2.05, 4.69) is 10.1 Å². The fourth-order valence-corrected chi connectivity index (χ4v) is 2.28. The number of hydrogen-bond acceptors (Lipinski definition) is 5. The quantitative estimate of drug-likeness (QED) is 0.801. The van der Waals surface area contributed by atoms with E-state index in [1.54, 1.807) is 0 Å². The smallest absolute Gasteiger partial charge is 0.341 e. The molecule has 1 aromatic rings. The molecule has 1 atom stereocenters. The molecule has 0 aliphatic heterocycles. The molecular weight excluding hydrogens is 294 g/mol. The van der Waals surface area contributed by atoms with E-state index in [0.717, 1.165) is 6.07 Å². The van der Waals surface area contributed by atoms with E-state index in [-0.39, 0.29) is 12.3 Å². The van der Waals surface area contributed by atoms with E-state index in [1.165, 1.54) is 25.3 Å². The number of alkyl halides is 2. The van der Waals surface area contributed by atoms with Crippen LogP contribution >= 0.6 is 0 Å². The van der Waals surface area contributed by atoms with Crippen LogP contribution in [0.4, 0.5) is 14.5 Å². The summed E-state index contributed by atoms with van der Waals surface area (Å²) in [5.41, 5.74) is 5.21. The Morgan fingerprint density at radius 1 is 1.40 bits per heavy atom. The molecule has 0 heterocycles. The lowest BCUT2D eigenvalue weighted by atomic mass is 10.2. The first-order valence-corrected chi connectivity index (χ1v) is 7.01. The maximum absolute atomic E-state index is 12.5. The van der Waals surface area contributed by atoms with Crippen molar-refractivity contribution < 1.29 is 26.7 Å². The van der Waals surface area contributed by atoms with Crippen LogP contribution in [-0.2, 0) is 19.4 Å². The van der Waals surface area contributed by atoms with Gasteiger partial charge in [0.25, 0.3) is 0 Å². The molecule has 0 saturated heterocycles. The van der Waals surface area contributed by atoms with Gasteiger partial charge in [-0.2, -0.15) is 8.78 Å². The Bertz CT molecular complexity index is 578. The van der Waals surface area contributed by atoms with E-state index in [0.29, 0.717) is 0 Å². The van der Waals surface area contributed by atoms with E-state index in [9.17, 15) is 22.0 Å². The molecule has 0 bridgehead atoms. The minimum Gasteiger partial charge on any atom is -0.383 e. The van der Waals surface area contributed by atoms with Gasteiger partial charge in [0, 0.05) is 7.11 Å². The fourth-order valence-electron chi connectivity index (χ4n) is 1.39. The highest BCUT2D eigenvalue weighted by Gasteiger charge is 2.29. The molecule has 0 aliphatic rings. The fraction of sp³-hybridized carbons (Fsp3) is 0.364. The monoisotopic (exact) mass is 308 g/mol. The van der Waals surface area contributed by atoms with E-state index >= 15 is 0 Å². The summed E-state index contributed by atoms with van der Waals surface area (Å²) in [7, 11) is -3.48. The van der Waals surface area contributed by atoms with Gasteiger partial charge in [0.1, 0.15) is 6.04 Å². The number of nitrogens with two attached hydrogens (primary N) is 1. The van der Waals surface area contributed by atoms with Crippen molar-refractivity contribution in [2.24, 2.45) is 5.73 Å². The highest BCUT2D eigenvalue weighted by Crippen LogP contribution is 2.26. The molecule has 20 heavy (non-hydrogen) atoms. The number of ether oxygens (including phenoxy) is 1. The molecule has 1 rings (SSSR count). The molecule has 9 heteroatoms. The van der Waals surface area contributed by atoms with Gasteiger partial charge in [-0.15, -0.1) is 0 Å². The third kappa shape index (κ3) is 3.71. The lowest BCUT2D eigenvalue weighted by Gasteiger charge is -2.14. The second-order valence-corrected chi connectivity index (χ2v) is 5.74. The Morgan fingerprint density at radius 2 is 2.00 bits per heavy atom. The van der Waals surface area contributed by atoms with Crippen LogP contribution in [0.2, 0.25) is 0 Å². The van der Waals surface area contributed by atoms with Gasteiger partial charge in [0.2, 0.25) is 15.7 Å². The first-order chi connectivity index (χ1) is 9.30. The summed E-state index contributed by atoms with van der Waals surface area (Å²) in [6.45, 7) is -0.0877. The van der Waals surface area contributed by atoms with Crippen LogP contribution in [0, 0.1) is 0 Å². The molecule has 0 spiro atoms. The number of carbonyl (C=O) groups excluding carboxylic acids is 1. The number of amides is 1. The average molecular weight is 308 g/mol. The highest BCUT2D eigenvalue weighted by atomic mass is 32.2. The number of nitrogens with one attached hydrogen (secondary N) is 1. The third-order valence-corrected chi connectivity index (χ3v) is 3.81. The van der Waals surface area contributed by atoms with Crippen LogP contribution in [0.3, 0.4) is 0 Å². The van der Waals surface area contributed by atoms with E-state index < -0.39 is 32.4 Å². The zero-order valence-electron chi connectivity index (χ0n) is 10.5. The van der Waals surface area contributed by atoms with Gasteiger partial charge < -0.3 is 15.8 Å². The Hall–Kier alpha value is -1.58. The number of carbonyl (C=O) groups is 1. The van der Waals surface area contributed by atoms with Gasteiger partial charge in [-0.3, -0.25) is 4.79 Å². The number of benzene rings is 1. The average Bonchev–Trinajstić information content (AvgIpc) is 2.39. The van der Waals surface area contributed by atoms with Crippen molar-refractivity contribution in [2.45, 2.75) is 16.7 Å². The summed E-state index contributed by atoms with van der Waals surface area (Å²) in [5, 5.41) is 2.20. The molecule has 6 nitrogen and oxygen atoms in total. The molecule has 0 aliphatic carbocycles. The van der Waals surface area contributed by atoms with Gasteiger partial charge in [0.15, 0.2) is 0 Å². The zero-order valence-corrected chi connectivity index (χ0v) is 11.4. The molecule has 0 radical (unpaired) electrons. The number of hydrogen-bond donors (Lipinski definition) is 2. The van der Waals surface area contributed by atoms with Crippen LogP contribution in [0.15, 0.2) is 29.2 Å². The number of methoxy groups -OCH3 is 1. The Balaban J connectivity index is 3.07. The molecule has 1 unspecified atom stereocenters. The Morgan fingerprint density at radius 3 is 2.55 bits per heavy atom. The summed E-state index contributed by atoms with van der Waals surface area (Å²) in [6, 6.07) is 3.83. The van der Waals surface area contributed by atoms with Crippen LogP contribution in [0.5, 0.6) is 0 Å². The third-order valence-electron chi connectivity index (χ3n) is 2.37. The first-order valence-electron chi connectivity index (χ1n) is 5.47. The summed E-state index contributed by atoms with van der Waals surface area (Å²) < 4.78 is 52.7. The summed E-state index contributed by atoms with van der Waals surface area (Å²) >= 11 is 0. The van der Waals surface area contributed by atoms with Crippen LogP contribution in [0.1, 0.15) is 0 Å². The maximum atomic E-state index is 12.5. The molecule has 1 aromatic carbocycles. The van der Waals surface area contributed by atoms with Gasteiger partial charge in [0.05, 0.1) is 17.2 Å². The van der Waals surface area contributed by atoms with Crippen molar-refractivity contribution in [3.8, 4) is 0 Å². The number of anilines is 1. The topological polar surface area (TPSA) is 98.5 Å². The van der Waals surface area contributed by atoms with Crippen molar-refractivity contribution in [1.82, 2.24) is 0 Å². The predicted octanol–water partition coefficient (Wildman–Crippen LogP) is 0.595. The predicted molar refractivity (Wildman–Crippen MR) is 68.1 cm³/mol. The molecule has 3 N–H and O–H groups in total. The minimum absolute atomic E-state index is 0.0877. The molecule has 0 saturated carbocycles. The van der Waals surface area contributed by atoms with Crippen LogP contribution in [-0.4, -0.2) is 39.8 Å². The Kier molecular flexibility index (Phi) is 5.54. The largest absolute Gasteiger partial charge is 0.383 e. The van der Waals surface area contributed by atoms with Gasteiger partial charge in [-0.1, -0.05) is 12.1 Å². The van der Waals surface area contributed by atoms with Gasteiger partial charge >= 0.3 is 5.76 Å². The molecule has 0 aromatic heterocycles. The molecular formula is C11H14F2N2O4S. The molecule has 1 amide bonds. The standard InChI is InChI=1S/C11H14F2N2O4S/c1-19-6-7(14)10(16)15-8-4-2-3-5-9(8)20(17,18)11(12)13/h2-5,7,11H,6,14H2,1H3,(H,15,16). The van der Waals surface area contributed by atoms with Crippen molar-refractivity contribution in [3.63, 3.8) is 0 Å². The van der Waals surface area contributed by atoms with Crippen LogP contribution in [0.25, 0.3) is 0 Å². The van der Waals surface area contributed by atoms with Crippen molar-refractivity contribution in [3.05, 3.63) is 24.3 Å². The van der Waals surface area contributed by atoms with Crippen molar-refractivity contribution in [2.75, 3.05) is 19.0 Å². The van der Waals surface area contributed by atoms with Crippen molar-refractivity contribution in [1.29, 1.82) is 0 Å². The second-order valence-electron chi connectivity index (χ2n) is 3.85. The summed E-state index contributed by atoms with van der Waals surface area (Å²) in [4.78, 5) is 11.0. The van der Waals surface area contributed by atoms with Gasteiger partial charge in [-0.25, -0.2) is 8.42 Å². The summed E-state index contributed by atoms with van der Waals surface area (Å²) in [6.07, 6.45) is 0. The van der Waals surface area contributed by atoms with Gasteiger partial charge in [-0.05, 0) is 12.1 Å². The molecule has 0 fully saturated rings.